The maximum Gasteiger partial charge on any atom is 0.309 e. The highest BCUT2D eigenvalue weighted by Crippen LogP contribution is 2.19. The lowest BCUT2D eigenvalue weighted by Crippen LogP contribution is -2.39. The molecule has 1 aromatic carbocycles. The first-order valence-electron chi connectivity index (χ1n) is 7.78. The van der Waals surface area contributed by atoms with Crippen LogP contribution in [0.4, 0.5) is 0 Å². The van der Waals surface area contributed by atoms with Crippen LogP contribution in [0.15, 0.2) is 24.3 Å². The van der Waals surface area contributed by atoms with E-state index in [-0.39, 0.29) is 19.0 Å². The molecule has 0 saturated heterocycles. The number of aliphatic carboxylic acids is 1. The summed E-state index contributed by atoms with van der Waals surface area (Å²) in [6.45, 7) is 5.48. The van der Waals surface area contributed by atoms with Gasteiger partial charge in [0.05, 0.1) is 24.1 Å². The topological polar surface area (TPSA) is 105 Å². The number of hydrogen-bond acceptors (Lipinski definition) is 4. The van der Waals surface area contributed by atoms with Crippen LogP contribution >= 0.6 is 0 Å². The van der Waals surface area contributed by atoms with Gasteiger partial charge >= 0.3 is 5.97 Å². The molecule has 0 aliphatic rings. The van der Waals surface area contributed by atoms with E-state index in [9.17, 15) is 14.4 Å². The Kier molecular flexibility index (Phi) is 7.23. The second-order valence-corrected chi connectivity index (χ2v) is 5.90. The molecule has 0 saturated carbocycles. The molecule has 0 bridgehead atoms. The molecule has 0 aromatic heterocycles. The van der Waals surface area contributed by atoms with Gasteiger partial charge in [-0.1, -0.05) is 12.1 Å². The molecule has 24 heavy (non-hydrogen) atoms. The van der Waals surface area contributed by atoms with Crippen LogP contribution in [0.25, 0.3) is 0 Å². The van der Waals surface area contributed by atoms with Crippen molar-refractivity contribution in [3.8, 4) is 5.75 Å². The molecule has 132 valence electrons. The predicted octanol–water partition coefficient (Wildman–Crippen LogP) is 1.43. The minimum absolute atomic E-state index is 0.188. The Labute approximate surface area is 141 Å². The van der Waals surface area contributed by atoms with Gasteiger partial charge in [0.1, 0.15) is 5.75 Å². The van der Waals surface area contributed by atoms with Gasteiger partial charge in [-0.3, -0.25) is 14.4 Å². The van der Waals surface area contributed by atoms with Gasteiger partial charge in [0, 0.05) is 6.54 Å². The molecule has 0 spiro atoms. The van der Waals surface area contributed by atoms with Crippen LogP contribution in [-0.2, 0) is 9.59 Å². The van der Waals surface area contributed by atoms with Gasteiger partial charge < -0.3 is 20.5 Å². The molecule has 0 radical (unpaired) electrons. The fourth-order valence-electron chi connectivity index (χ4n) is 1.88. The third-order valence-corrected chi connectivity index (χ3v) is 3.49. The van der Waals surface area contributed by atoms with Crippen molar-refractivity contribution in [1.29, 1.82) is 0 Å². The number of carboxylic acids is 1. The lowest BCUT2D eigenvalue weighted by Gasteiger charge is -2.19. The highest BCUT2D eigenvalue weighted by atomic mass is 16.5. The average Bonchev–Trinajstić information content (AvgIpc) is 2.53. The summed E-state index contributed by atoms with van der Waals surface area (Å²) in [5.74, 6) is -1.24. The van der Waals surface area contributed by atoms with E-state index >= 15 is 0 Å². The smallest absolute Gasteiger partial charge is 0.309 e. The van der Waals surface area contributed by atoms with E-state index in [1.807, 2.05) is 6.92 Å². The predicted molar refractivity (Wildman–Crippen MR) is 89.0 cm³/mol. The first kappa shape index (κ1) is 19.5. The van der Waals surface area contributed by atoms with E-state index in [0.717, 1.165) is 0 Å². The van der Waals surface area contributed by atoms with Crippen LogP contribution in [0.2, 0.25) is 0 Å². The number of amides is 2. The molecule has 0 aliphatic carbocycles. The summed E-state index contributed by atoms with van der Waals surface area (Å²) >= 11 is 0. The van der Waals surface area contributed by atoms with Crippen LogP contribution in [0.1, 0.15) is 37.6 Å². The molecular weight excluding hydrogens is 312 g/mol. The molecule has 0 unspecified atom stereocenters. The van der Waals surface area contributed by atoms with E-state index in [1.54, 1.807) is 38.1 Å². The maximum atomic E-state index is 12.1. The number of rotatable bonds is 9. The van der Waals surface area contributed by atoms with Gasteiger partial charge in [-0.25, -0.2) is 0 Å². The van der Waals surface area contributed by atoms with E-state index in [1.165, 1.54) is 0 Å². The quantitative estimate of drug-likeness (QED) is 0.633. The molecule has 2 amide bonds. The first-order valence-corrected chi connectivity index (χ1v) is 7.78. The zero-order valence-electron chi connectivity index (χ0n) is 14.2. The van der Waals surface area contributed by atoms with Crippen LogP contribution in [0.3, 0.4) is 0 Å². The van der Waals surface area contributed by atoms with E-state index in [0.29, 0.717) is 24.3 Å². The van der Waals surface area contributed by atoms with E-state index in [4.69, 9.17) is 9.84 Å². The lowest BCUT2D eigenvalue weighted by atomic mass is 9.90. The van der Waals surface area contributed by atoms with Crippen LogP contribution in [0, 0.1) is 5.41 Å². The zero-order valence-corrected chi connectivity index (χ0v) is 14.2. The minimum Gasteiger partial charge on any atom is -0.493 e. The van der Waals surface area contributed by atoms with Gasteiger partial charge in [0.25, 0.3) is 5.91 Å². The Morgan fingerprint density at radius 1 is 1.17 bits per heavy atom. The van der Waals surface area contributed by atoms with E-state index in [2.05, 4.69) is 10.6 Å². The Morgan fingerprint density at radius 2 is 1.83 bits per heavy atom. The van der Waals surface area contributed by atoms with Crippen molar-refractivity contribution in [2.75, 3.05) is 19.7 Å². The van der Waals surface area contributed by atoms with Crippen LogP contribution in [-0.4, -0.2) is 42.6 Å². The molecule has 0 atom stereocenters. The molecule has 7 heteroatoms. The van der Waals surface area contributed by atoms with Crippen molar-refractivity contribution in [2.45, 2.75) is 27.2 Å². The number of carbonyl (C=O) groups excluding carboxylic acids is 2. The number of carbonyl (C=O) groups is 3. The van der Waals surface area contributed by atoms with Crippen molar-refractivity contribution in [3.05, 3.63) is 29.8 Å². The van der Waals surface area contributed by atoms with Crippen molar-refractivity contribution < 1.29 is 24.2 Å². The zero-order chi connectivity index (χ0) is 18.2. The molecule has 7 nitrogen and oxygen atoms in total. The van der Waals surface area contributed by atoms with Crippen LogP contribution < -0.4 is 15.4 Å². The van der Waals surface area contributed by atoms with E-state index < -0.39 is 17.3 Å². The van der Waals surface area contributed by atoms with Crippen LogP contribution in [0.5, 0.6) is 5.75 Å². The van der Waals surface area contributed by atoms with Gasteiger partial charge in [-0.05, 0) is 39.3 Å². The molecule has 0 heterocycles. The molecule has 1 aromatic rings. The normalized spacial score (nSPS) is 10.8. The summed E-state index contributed by atoms with van der Waals surface area (Å²) in [4.78, 5) is 34.8. The maximum absolute atomic E-state index is 12.1. The third-order valence-electron chi connectivity index (χ3n) is 3.49. The third kappa shape index (κ3) is 5.91. The number of benzene rings is 1. The number of hydrogen-bond donors (Lipinski definition) is 3. The number of ether oxygens (including phenoxy) is 1. The Hall–Kier alpha value is -2.57. The molecular formula is C17H24N2O5. The second kappa shape index (κ2) is 8.90. The van der Waals surface area contributed by atoms with Crippen molar-refractivity contribution in [2.24, 2.45) is 5.41 Å². The summed E-state index contributed by atoms with van der Waals surface area (Å²) in [6.07, 6.45) is 0.301. The van der Waals surface area contributed by atoms with Gasteiger partial charge in [-0.2, -0.15) is 0 Å². The molecule has 1 rings (SSSR count). The monoisotopic (exact) mass is 336 g/mol. The fraction of sp³-hybridized carbons (Fsp3) is 0.471. The summed E-state index contributed by atoms with van der Waals surface area (Å²) < 4.78 is 5.37. The van der Waals surface area contributed by atoms with Crippen molar-refractivity contribution in [3.63, 3.8) is 0 Å². The Morgan fingerprint density at radius 3 is 2.46 bits per heavy atom. The minimum atomic E-state index is -0.919. The van der Waals surface area contributed by atoms with Gasteiger partial charge in [0.2, 0.25) is 5.91 Å². The first-order chi connectivity index (χ1) is 11.3. The Bertz CT molecular complexity index is 598. The molecule has 0 aliphatic heterocycles. The highest BCUT2D eigenvalue weighted by Gasteiger charge is 2.26. The standard InChI is InChI=1S/C17H24N2O5/c1-4-24-13-8-6-5-7-12(13)15(21)19-11-14(20)18-10-9-17(2,3)16(22)23/h5-8H,4,9-11H2,1-3H3,(H,18,20)(H,19,21)(H,22,23). The molecule has 0 fully saturated rings. The SMILES string of the molecule is CCOc1ccccc1C(=O)NCC(=O)NCCC(C)(C)C(=O)O. The van der Waals surface area contributed by atoms with Crippen molar-refractivity contribution in [1.82, 2.24) is 10.6 Å². The number of para-hydroxylation sites is 1. The summed E-state index contributed by atoms with van der Waals surface area (Å²) in [5, 5.41) is 14.1. The Balaban J connectivity index is 2.45. The largest absolute Gasteiger partial charge is 0.493 e. The van der Waals surface area contributed by atoms with Gasteiger partial charge in [0.15, 0.2) is 0 Å². The summed E-state index contributed by atoms with van der Waals surface area (Å²) in [7, 11) is 0. The number of carboxylic acid groups (broad SMARTS) is 1. The van der Waals surface area contributed by atoms with Gasteiger partial charge in [-0.15, -0.1) is 0 Å². The molecule has 3 N–H and O–H groups in total. The fourth-order valence-corrected chi connectivity index (χ4v) is 1.88. The summed E-state index contributed by atoms with van der Waals surface area (Å²) in [6, 6.07) is 6.78. The average molecular weight is 336 g/mol. The summed E-state index contributed by atoms with van der Waals surface area (Å²) in [5.41, 5.74) is -0.549. The second-order valence-electron chi connectivity index (χ2n) is 5.90. The lowest BCUT2D eigenvalue weighted by molar-refractivity contribution is -0.147. The number of nitrogens with one attached hydrogen (secondary N) is 2. The highest BCUT2D eigenvalue weighted by molar-refractivity contribution is 5.98. The van der Waals surface area contributed by atoms with Crippen molar-refractivity contribution >= 4 is 17.8 Å².